The highest BCUT2D eigenvalue weighted by Crippen LogP contribution is 2.32. The highest BCUT2D eigenvalue weighted by molar-refractivity contribution is 5.86. The van der Waals surface area contributed by atoms with Crippen molar-refractivity contribution in [3.63, 3.8) is 0 Å². The first-order valence-corrected chi connectivity index (χ1v) is 12.2. The average molecular weight is 412 g/mol. The Bertz CT molecular complexity index is 798. The Labute approximate surface area is 180 Å². The molecule has 3 saturated heterocycles. The van der Waals surface area contributed by atoms with Gasteiger partial charge in [-0.05, 0) is 63.4 Å². The minimum atomic E-state index is 0.336. The van der Waals surface area contributed by atoms with Crippen LogP contribution >= 0.6 is 0 Å². The summed E-state index contributed by atoms with van der Waals surface area (Å²) in [6.45, 7) is 9.08. The lowest BCUT2D eigenvalue weighted by Gasteiger charge is -2.33. The molecule has 1 aromatic heterocycles. The van der Waals surface area contributed by atoms with Crippen molar-refractivity contribution < 1.29 is 9.47 Å². The van der Waals surface area contributed by atoms with Crippen LogP contribution in [-0.2, 0) is 4.74 Å². The van der Waals surface area contributed by atoms with Crippen LogP contribution in [0.3, 0.4) is 0 Å². The topological polar surface area (TPSA) is 29.9 Å². The molecule has 0 radical (unpaired) electrons. The minimum absolute atomic E-state index is 0.336. The normalized spacial score (nSPS) is 25.0. The summed E-state index contributed by atoms with van der Waals surface area (Å²) in [5.41, 5.74) is 1.28. The number of hydrogen-bond acceptors (Lipinski definition) is 4. The maximum atomic E-state index is 6.52. The zero-order valence-electron chi connectivity index (χ0n) is 18.3. The number of aromatic nitrogens is 1. The van der Waals surface area contributed by atoms with Gasteiger partial charge in [0, 0.05) is 44.4 Å². The molecule has 5 heteroatoms. The molecule has 3 fully saturated rings. The summed E-state index contributed by atoms with van der Waals surface area (Å²) >= 11 is 0. The van der Waals surface area contributed by atoms with Gasteiger partial charge in [-0.1, -0.05) is 18.9 Å². The second-order valence-electron chi connectivity index (χ2n) is 9.34. The highest BCUT2D eigenvalue weighted by Gasteiger charge is 2.23. The van der Waals surface area contributed by atoms with E-state index in [0.717, 1.165) is 51.3 Å². The summed E-state index contributed by atoms with van der Waals surface area (Å²) in [6.07, 6.45) is 11.5. The van der Waals surface area contributed by atoms with Crippen molar-refractivity contribution in [2.45, 2.75) is 57.1 Å². The molecule has 164 valence electrons. The maximum Gasteiger partial charge on any atom is 0.129 e. The second kappa shape index (κ2) is 9.71. The zero-order valence-corrected chi connectivity index (χ0v) is 18.3. The molecular weight excluding hydrogens is 374 g/mol. The van der Waals surface area contributed by atoms with Crippen molar-refractivity contribution >= 4 is 10.9 Å². The van der Waals surface area contributed by atoms with Crippen LogP contribution in [0.4, 0.5) is 0 Å². The third kappa shape index (κ3) is 4.68. The first-order valence-electron chi connectivity index (χ1n) is 12.2. The number of piperidine rings is 1. The Balaban J connectivity index is 1.14. The van der Waals surface area contributed by atoms with Gasteiger partial charge in [0.15, 0.2) is 0 Å². The molecule has 5 nitrogen and oxygen atoms in total. The van der Waals surface area contributed by atoms with Crippen molar-refractivity contribution in [1.82, 2.24) is 14.4 Å². The van der Waals surface area contributed by atoms with Crippen molar-refractivity contribution in [1.29, 1.82) is 0 Å². The quantitative estimate of drug-likeness (QED) is 0.708. The van der Waals surface area contributed by atoms with Crippen LogP contribution in [0.5, 0.6) is 5.75 Å². The molecule has 5 rings (SSSR count). The van der Waals surface area contributed by atoms with Gasteiger partial charge in [0.2, 0.25) is 0 Å². The summed E-state index contributed by atoms with van der Waals surface area (Å²) in [6, 6.07) is 9.18. The lowest BCUT2D eigenvalue weighted by atomic mass is 10.1. The van der Waals surface area contributed by atoms with E-state index >= 15 is 0 Å². The maximum absolute atomic E-state index is 6.52. The molecular formula is C25H37N3O2. The van der Waals surface area contributed by atoms with E-state index in [0.29, 0.717) is 12.1 Å². The average Bonchev–Trinajstić information content (AvgIpc) is 3.38. The summed E-state index contributed by atoms with van der Waals surface area (Å²) in [5, 5.41) is 1.24. The summed E-state index contributed by atoms with van der Waals surface area (Å²) in [5.74, 6) is 1.05. The van der Waals surface area contributed by atoms with E-state index in [1.165, 1.54) is 62.8 Å². The molecule has 30 heavy (non-hydrogen) atoms. The molecule has 4 heterocycles. The fourth-order valence-corrected chi connectivity index (χ4v) is 5.40. The lowest BCUT2D eigenvalue weighted by molar-refractivity contribution is 0.0942. The highest BCUT2D eigenvalue weighted by atomic mass is 16.5. The SMILES string of the molecule is c1cc(OC2CCN(CCN3CCCCCC3)CC2)c2ccn(C3CCOC3)c2c1. The fourth-order valence-electron chi connectivity index (χ4n) is 5.40. The monoisotopic (exact) mass is 411 g/mol. The minimum Gasteiger partial charge on any atom is -0.490 e. The van der Waals surface area contributed by atoms with Crippen molar-refractivity contribution in [3.8, 4) is 5.75 Å². The Morgan fingerprint density at radius 3 is 2.37 bits per heavy atom. The van der Waals surface area contributed by atoms with E-state index in [1.807, 2.05) is 0 Å². The predicted octanol–water partition coefficient (Wildman–Crippen LogP) is 4.32. The number of likely N-dealkylation sites (tertiary alicyclic amines) is 2. The fraction of sp³-hybridized carbons (Fsp3) is 0.680. The van der Waals surface area contributed by atoms with Gasteiger partial charge in [-0.15, -0.1) is 0 Å². The van der Waals surface area contributed by atoms with Gasteiger partial charge in [-0.25, -0.2) is 0 Å². The summed E-state index contributed by atoms with van der Waals surface area (Å²) < 4.78 is 14.5. The standard InChI is InChI=1S/C25H37N3O2/c1-2-4-13-26(12-3-1)17-18-27-14-8-22(9-15-27)30-25-7-5-6-24-23(25)10-16-28(24)21-11-19-29-20-21/h5-7,10,16,21-22H,1-4,8-9,11-15,17-20H2. The molecule has 0 bridgehead atoms. The molecule has 1 atom stereocenters. The molecule has 0 spiro atoms. The van der Waals surface area contributed by atoms with E-state index in [2.05, 4.69) is 44.8 Å². The lowest BCUT2D eigenvalue weighted by Crippen LogP contribution is -2.42. The molecule has 0 N–H and O–H groups in total. The Morgan fingerprint density at radius 2 is 1.63 bits per heavy atom. The largest absolute Gasteiger partial charge is 0.490 e. The smallest absolute Gasteiger partial charge is 0.129 e. The van der Waals surface area contributed by atoms with Gasteiger partial charge in [0.05, 0.1) is 18.2 Å². The molecule has 1 aromatic carbocycles. The van der Waals surface area contributed by atoms with Gasteiger partial charge in [-0.2, -0.15) is 0 Å². The summed E-state index contributed by atoms with van der Waals surface area (Å²) in [4.78, 5) is 5.32. The van der Waals surface area contributed by atoms with Crippen LogP contribution in [0.2, 0.25) is 0 Å². The Hall–Kier alpha value is -1.56. The second-order valence-corrected chi connectivity index (χ2v) is 9.34. The molecule has 0 aliphatic carbocycles. The van der Waals surface area contributed by atoms with Gasteiger partial charge < -0.3 is 23.8 Å². The molecule has 3 aliphatic rings. The molecule has 0 saturated carbocycles. The number of nitrogens with zero attached hydrogens (tertiary/aromatic N) is 3. The van der Waals surface area contributed by atoms with Gasteiger partial charge in [0.1, 0.15) is 11.9 Å². The number of benzene rings is 1. The van der Waals surface area contributed by atoms with Crippen LogP contribution in [0.15, 0.2) is 30.5 Å². The van der Waals surface area contributed by atoms with Crippen LogP contribution in [-0.4, -0.2) is 73.0 Å². The summed E-state index contributed by atoms with van der Waals surface area (Å²) in [7, 11) is 0. The van der Waals surface area contributed by atoms with Crippen LogP contribution in [0.1, 0.15) is 51.0 Å². The van der Waals surface area contributed by atoms with E-state index in [1.54, 1.807) is 0 Å². The van der Waals surface area contributed by atoms with Crippen LogP contribution in [0.25, 0.3) is 10.9 Å². The number of ether oxygens (including phenoxy) is 2. The third-order valence-electron chi connectivity index (χ3n) is 7.28. The Kier molecular flexibility index (Phi) is 6.59. The van der Waals surface area contributed by atoms with Crippen LogP contribution < -0.4 is 4.74 Å². The van der Waals surface area contributed by atoms with Gasteiger partial charge in [-0.3, -0.25) is 0 Å². The van der Waals surface area contributed by atoms with Crippen molar-refractivity contribution in [2.75, 3.05) is 52.5 Å². The third-order valence-corrected chi connectivity index (χ3v) is 7.28. The van der Waals surface area contributed by atoms with E-state index in [4.69, 9.17) is 9.47 Å². The number of hydrogen-bond donors (Lipinski definition) is 0. The van der Waals surface area contributed by atoms with E-state index in [9.17, 15) is 0 Å². The predicted molar refractivity (Wildman–Crippen MR) is 121 cm³/mol. The molecule has 0 amide bonds. The van der Waals surface area contributed by atoms with Gasteiger partial charge >= 0.3 is 0 Å². The first-order chi connectivity index (χ1) is 14.9. The molecule has 2 aromatic rings. The Morgan fingerprint density at radius 1 is 0.867 bits per heavy atom. The first kappa shape index (κ1) is 20.3. The van der Waals surface area contributed by atoms with Crippen LogP contribution in [0, 0.1) is 0 Å². The zero-order chi connectivity index (χ0) is 20.2. The van der Waals surface area contributed by atoms with Crippen molar-refractivity contribution in [3.05, 3.63) is 30.5 Å². The van der Waals surface area contributed by atoms with E-state index in [-0.39, 0.29) is 0 Å². The van der Waals surface area contributed by atoms with E-state index < -0.39 is 0 Å². The van der Waals surface area contributed by atoms with Gasteiger partial charge in [0.25, 0.3) is 0 Å². The number of rotatable bonds is 6. The molecule has 1 unspecified atom stereocenters. The molecule has 3 aliphatic heterocycles. The number of fused-ring (bicyclic) bond motifs is 1. The van der Waals surface area contributed by atoms with Crippen molar-refractivity contribution in [2.24, 2.45) is 0 Å².